The summed E-state index contributed by atoms with van der Waals surface area (Å²) in [5, 5.41) is 2.93. The topological polar surface area (TPSA) is 55.1 Å². The molecule has 0 saturated heterocycles. The van der Waals surface area contributed by atoms with Crippen LogP contribution < -0.4 is 11.1 Å². The molecule has 1 atom stereocenters. The lowest BCUT2D eigenvalue weighted by Crippen LogP contribution is -2.38. The highest BCUT2D eigenvalue weighted by Crippen LogP contribution is 2.31. The zero-order valence-corrected chi connectivity index (χ0v) is 12.0. The van der Waals surface area contributed by atoms with Crippen molar-refractivity contribution in [1.82, 2.24) is 5.32 Å². The Morgan fingerprint density at radius 3 is 2.63 bits per heavy atom. The molecule has 0 aliphatic heterocycles. The van der Waals surface area contributed by atoms with Crippen LogP contribution in [0.2, 0.25) is 0 Å². The van der Waals surface area contributed by atoms with Crippen LogP contribution >= 0.6 is 12.4 Å². The van der Waals surface area contributed by atoms with Crippen LogP contribution in [0, 0.1) is 5.92 Å². The average Bonchev–Trinajstić information content (AvgIpc) is 3.21. The molecule has 3 nitrogen and oxygen atoms in total. The van der Waals surface area contributed by atoms with Crippen molar-refractivity contribution in [3.8, 4) is 0 Å². The van der Waals surface area contributed by atoms with Crippen LogP contribution in [0.4, 0.5) is 0 Å². The Bertz CT molecular complexity index is 379. The first-order valence-electron chi connectivity index (χ1n) is 6.82. The molecule has 0 heterocycles. The lowest BCUT2D eigenvalue weighted by Gasteiger charge is -2.11. The fraction of sp³-hybridized carbons (Fsp3) is 0.533. The molecule has 4 heteroatoms. The summed E-state index contributed by atoms with van der Waals surface area (Å²) in [5.41, 5.74) is 7.22. The predicted octanol–water partition coefficient (Wildman–Crippen LogP) is 2.28. The monoisotopic (exact) mass is 282 g/mol. The summed E-state index contributed by atoms with van der Waals surface area (Å²) in [6.45, 7) is 0.634. The fourth-order valence-corrected chi connectivity index (χ4v) is 2.11. The van der Waals surface area contributed by atoms with Crippen molar-refractivity contribution in [2.45, 2.75) is 38.1 Å². The van der Waals surface area contributed by atoms with E-state index in [-0.39, 0.29) is 24.4 Å². The summed E-state index contributed by atoms with van der Waals surface area (Å²) in [6, 6.07) is 10.4. The minimum atomic E-state index is 0. The van der Waals surface area contributed by atoms with Crippen molar-refractivity contribution in [3.63, 3.8) is 0 Å². The number of aryl methyl sites for hydroxylation is 1. The van der Waals surface area contributed by atoms with Gasteiger partial charge in [0, 0.05) is 19.0 Å². The van der Waals surface area contributed by atoms with Gasteiger partial charge in [0.05, 0.1) is 0 Å². The molecule has 1 unspecified atom stereocenters. The number of nitrogens with one attached hydrogen (secondary N) is 1. The van der Waals surface area contributed by atoms with Gasteiger partial charge < -0.3 is 11.1 Å². The van der Waals surface area contributed by atoms with Crippen LogP contribution in [0.5, 0.6) is 0 Å². The van der Waals surface area contributed by atoms with Crippen molar-refractivity contribution in [2.75, 3.05) is 6.54 Å². The van der Waals surface area contributed by atoms with E-state index in [4.69, 9.17) is 5.73 Å². The molecule has 1 aromatic carbocycles. The Hall–Kier alpha value is -1.06. The quantitative estimate of drug-likeness (QED) is 0.806. The Balaban J connectivity index is 0.00000180. The molecule has 106 valence electrons. The van der Waals surface area contributed by atoms with Crippen molar-refractivity contribution in [1.29, 1.82) is 0 Å². The zero-order valence-electron chi connectivity index (χ0n) is 11.2. The number of carbonyl (C=O) groups is 1. The van der Waals surface area contributed by atoms with Crippen LogP contribution in [0.15, 0.2) is 30.3 Å². The first kappa shape index (κ1) is 16.0. The number of halogens is 1. The van der Waals surface area contributed by atoms with Crippen LogP contribution in [0.1, 0.15) is 31.2 Å². The van der Waals surface area contributed by atoms with Crippen LogP contribution in [-0.2, 0) is 11.2 Å². The number of nitrogens with two attached hydrogens (primary N) is 1. The summed E-state index contributed by atoms with van der Waals surface area (Å²) in [7, 11) is 0. The second-order valence-electron chi connectivity index (χ2n) is 5.14. The number of carbonyl (C=O) groups excluding carboxylic acids is 1. The van der Waals surface area contributed by atoms with Crippen LogP contribution in [-0.4, -0.2) is 18.5 Å². The molecular formula is C15H23ClN2O. The highest BCUT2D eigenvalue weighted by Gasteiger charge is 2.28. The molecular weight excluding hydrogens is 260 g/mol. The van der Waals surface area contributed by atoms with E-state index < -0.39 is 0 Å². The predicted molar refractivity (Wildman–Crippen MR) is 80.3 cm³/mol. The van der Waals surface area contributed by atoms with Crippen molar-refractivity contribution in [3.05, 3.63) is 35.9 Å². The van der Waals surface area contributed by atoms with Gasteiger partial charge in [-0.3, -0.25) is 4.79 Å². The zero-order chi connectivity index (χ0) is 12.8. The van der Waals surface area contributed by atoms with Gasteiger partial charge in [0.25, 0.3) is 0 Å². The summed E-state index contributed by atoms with van der Waals surface area (Å²) < 4.78 is 0. The van der Waals surface area contributed by atoms with Gasteiger partial charge >= 0.3 is 0 Å². The van der Waals surface area contributed by atoms with Crippen molar-refractivity contribution in [2.24, 2.45) is 11.7 Å². The third kappa shape index (κ3) is 6.08. The SMILES string of the molecule is Cl.NC(CNC(=O)CCCc1ccccc1)C1CC1. The second kappa shape index (κ2) is 8.18. The molecule has 1 aliphatic rings. The maximum Gasteiger partial charge on any atom is 0.220 e. The first-order chi connectivity index (χ1) is 8.75. The summed E-state index contributed by atoms with van der Waals surface area (Å²) in [4.78, 5) is 11.6. The van der Waals surface area contributed by atoms with Gasteiger partial charge in [-0.05, 0) is 37.2 Å². The maximum absolute atomic E-state index is 11.6. The van der Waals surface area contributed by atoms with Gasteiger partial charge in [0.15, 0.2) is 0 Å². The summed E-state index contributed by atoms with van der Waals surface area (Å²) >= 11 is 0. The number of hydrogen-bond acceptors (Lipinski definition) is 2. The number of hydrogen-bond donors (Lipinski definition) is 2. The molecule has 0 radical (unpaired) electrons. The molecule has 1 fully saturated rings. The largest absolute Gasteiger partial charge is 0.355 e. The smallest absolute Gasteiger partial charge is 0.220 e. The molecule has 0 aromatic heterocycles. The first-order valence-corrected chi connectivity index (χ1v) is 6.82. The Morgan fingerprint density at radius 1 is 1.32 bits per heavy atom. The Kier molecular flexibility index (Phi) is 6.89. The Labute approximate surface area is 121 Å². The van der Waals surface area contributed by atoms with E-state index in [1.54, 1.807) is 0 Å². The maximum atomic E-state index is 11.6. The summed E-state index contributed by atoms with van der Waals surface area (Å²) in [5.74, 6) is 0.775. The molecule has 3 N–H and O–H groups in total. The molecule has 0 spiro atoms. The van der Waals surface area contributed by atoms with Gasteiger partial charge in [-0.15, -0.1) is 12.4 Å². The van der Waals surface area contributed by atoms with E-state index in [1.165, 1.54) is 18.4 Å². The minimum absolute atomic E-state index is 0. The van der Waals surface area contributed by atoms with E-state index in [0.29, 0.717) is 18.9 Å². The highest BCUT2D eigenvalue weighted by molar-refractivity contribution is 5.85. The molecule has 1 amide bonds. The fourth-order valence-electron chi connectivity index (χ4n) is 2.11. The van der Waals surface area contributed by atoms with Gasteiger partial charge in [-0.1, -0.05) is 30.3 Å². The van der Waals surface area contributed by atoms with Crippen molar-refractivity contribution < 1.29 is 4.79 Å². The van der Waals surface area contributed by atoms with Gasteiger partial charge in [-0.2, -0.15) is 0 Å². The molecule has 2 rings (SSSR count). The standard InChI is InChI=1S/C15H22N2O.ClH/c16-14(13-9-10-13)11-17-15(18)8-4-7-12-5-2-1-3-6-12;/h1-3,5-6,13-14H,4,7-11,16H2,(H,17,18);1H. The highest BCUT2D eigenvalue weighted by atomic mass is 35.5. The third-order valence-electron chi connectivity index (χ3n) is 3.47. The molecule has 1 saturated carbocycles. The molecule has 0 bridgehead atoms. The molecule has 19 heavy (non-hydrogen) atoms. The van der Waals surface area contributed by atoms with E-state index >= 15 is 0 Å². The van der Waals surface area contributed by atoms with E-state index in [2.05, 4.69) is 17.4 Å². The number of amides is 1. The second-order valence-corrected chi connectivity index (χ2v) is 5.14. The van der Waals surface area contributed by atoms with Crippen LogP contribution in [0.25, 0.3) is 0 Å². The summed E-state index contributed by atoms with van der Waals surface area (Å²) in [6.07, 6.45) is 4.90. The average molecular weight is 283 g/mol. The van der Waals surface area contributed by atoms with E-state index in [9.17, 15) is 4.79 Å². The normalized spacial score (nSPS) is 15.4. The van der Waals surface area contributed by atoms with Crippen LogP contribution in [0.3, 0.4) is 0 Å². The molecule has 1 aromatic rings. The Morgan fingerprint density at radius 2 is 2.00 bits per heavy atom. The third-order valence-corrected chi connectivity index (χ3v) is 3.47. The van der Waals surface area contributed by atoms with Gasteiger partial charge in [-0.25, -0.2) is 0 Å². The lowest BCUT2D eigenvalue weighted by atomic mass is 10.1. The van der Waals surface area contributed by atoms with E-state index in [1.807, 2.05) is 18.2 Å². The van der Waals surface area contributed by atoms with Gasteiger partial charge in [0.2, 0.25) is 5.91 Å². The van der Waals surface area contributed by atoms with Crippen molar-refractivity contribution >= 4 is 18.3 Å². The van der Waals surface area contributed by atoms with Gasteiger partial charge in [0.1, 0.15) is 0 Å². The number of benzene rings is 1. The lowest BCUT2D eigenvalue weighted by molar-refractivity contribution is -0.121. The van der Waals surface area contributed by atoms with E-state index in [0.717, 1.165) is 12.8 Å². The molecule has 1 aliphatic carbocycles. The minimum Gasteiger partial charge on any atom is -0.355 e. The number of rotatable bonds is 7.